The van der Waals surface area contributed by atoms with Gasteiger partial charge >= 0.3 is 0 Å². The molecule has 5 nitrogen and oxygen atoms in total. The number of benzene rings is 1. The molecule has 96 valence electrons. The van der Waals surface area contributed by atoms with Crippen molar-refractivity contribution in [2.75, 3.05) is 11.1 Å². The summed E-state index contributed by atoms with van der Waals surface area (Å²) in [6, 6.07) is 4.82. The van der Waals surface area contributed by atoms with Crippen molar-refractivity contribution in [3.05, 3.63) is 48.2 Å². The number of fused-ring (bicyclic) bond motifs is 1. The first-order chi connectivity index (χ1) is 9.13. The van der Waals surface area contributed by atoms with E-state index in [1.165, 1.54) is 6.07 Å². The van der Waals surface area contributed by atoms with E-state index in [4.69, 9.17) is 5.73 Å². The smallest absolute Gasteiger partial charge is 0.180 e. The summed E-state index contributed by atoms with van der Waals surface area (Å²) in [7, 11) is 0. The predicted molar refractivity (Wildman–Crippen MR) is 71.8 cm³/mol. The molecule has 3 rings (SSSR count). The Morgan fingerprint density at radius 3 is 3.05 bits per heavy atom. The average Bonchev–Trinajstić information content (AvgIpc) is 2.82. The van der Waals surface area contributed by atoms with Crippen molar-refractivity contribution in [2.45, 2.75) is 6.92 Å². The van der Waals surface area contributed by atoms with Gasteiger partial charge in [0, 0.05) is 12.4 Å². The molecule has 0 aliphatic heterocycles. The van der Waals surface area contributed by atoms with Crippen LogP contribution < -0.4 is 11.1 Å². The van der Waals surface area contributed by atoms with Crippen molar-refractivity contribution in [2.24, 2.45) is 0 Å². The molecule has 3 N–H and O–H groups in total. The highest BCUT2D eigenvalue weighted by atomic mass is 19.1. The molecule has 0 fully saturated rings. The molecule has 0 amide bonds. The van der Waals surface area contributed by atoms with Crippen LogP contribution in [0, 0.1) is 12.7 Å². The molecule has 6 heteroatoms. The van der Waals surface area contributed by atoms with E-state index in [1.807, 2.05) is 6.92 Å². The summed E-state index contributed by atoms with van der Waals surface area (Å²) in [5.41, 5.74) is 7.61. The zero-order valence-electron chi connectivity index (χ0n) is 10.3. The van der Waals surface area contributed by atoms with E-state index in [9.17, 15) is 4.39 Å². The number of imidazole rings is 1. The third-order valence-corrected chi connectivity index (χ3v) is 2.77. The maximum absolute atomic E-state index is 13.7. The zero-order valence-corrected chi connectivity index (χ0v) is 10.3. The van der Waals surface area contributed by atoms with E-state index >= 15 is 0 Å². The van der Waals surface area contributed by atoms with Crippen LogP contribution in [0.5, 0.6) is 0 Å². The fraction of sp³-hybridized carbons (Fsp3) is 0.0769. The number of hydrogen-bond donors (Lipinski definition) is 2. The second kappa shape index (κ2) is 4.24. The van der Waals surface area contributed by atoms with Gasteiger partial charge in [0.05, 0.1) is 11.9 Å². The lowest BCUT2D eigenvalue weighted by Crippen LogP contribution is -2.03. The maximum atomic E-state index is 13.7. The Morgan fingerprint density at radius 2 is 2.21 bits per heavy atom. The molecule has 0 aliphatic rings. The van der Waals surface area contributed by atoms with Gasteiger partial charge in [0.15, 0.2) is 11.5 Å². The molecule has 0 atom stereocenters. The summed E-state index contributed by atoms with van der Waals surface area (Å²) in [6.45, 7) is 1.89. The number of anilines is 3. The number of nitrogens with one attached hydrogen (secondary N) is 1. The maximum Gasteiger partial charge on any atom is 0.180 e. The van der Waals surface area contributed by atoms with Gasteiger partial charge in [0.1, 0.15) is 11.6 Å². The second-order valence-corrected chi connectivity index (χ2v) is 4.28. The van der Waals surface area contributed by atoms with Gasteiger partial charge in [-0.2, -0.15) is 0 Å². The van der Waals surface area contributed by atoms with Gasteiger partial charge in [-0.1, -0.05) is 6.07 Å². The van der Waals surface area contributed by atoms with Crippen LogP contribution in [-0.4, -0.2) is 14.4 Å². The summed E-state index contributed by atoms with van der Waals surface area (Å²) in [5.74, 6) is 0.412. The molecule has 0 unspecified atom stereocenters. The molecule has 0 spiro atoms. The van der Waals surface area contributed by atoms with Gasteiger partial charge in [-0.15, -0.1) is 0 Å². The van der Waals surface area contributed by atoms with Crippen molar-refractivity contribution in [3.8, 4) is 0 Å². The molecule has 0 aliphatic carbocycles. The number of rotatable bonds is 2. The monoisotopic (exact) mass is 257 g/mol. The van der Waals surface area contributed by atoms with Crippen LogP contribution in [-0.2, 0) is 0 Å². The number of nitrogen functional groups attached to an aromatic ring is 1. The molecule has 0 bridgehead atoms. The first-order valence-electron chi connectivity index (χ1n) is 5.76. The standard InChI is InChI=1S/C13H12FN5/c1-8-2-3-9(14)10(6-8)17-12-13-16-4-5-19(13)7-11(15)18-12/h2-7H,15H2,1H3,(H,17,18). The number of hydrogen-bond acceptors (Lipinski definition) is 4. The minimum atomic E-state index is -0.348. The van der Waals surface area contributed by atoms with Crippen LogP contribution in [0.25, 0.3) is 5.65 Å². The minimum absolute atomic E-state index is 0.334. The van der Waals surface area contributed by atoms with Crippen LogP contribution in [0.2, 0.25) is 0 Å². The quantitative estimate of drug-likeness (QED) is 0.740. The van der Waals surface area contributed by atoms with Crippen LogP contribution in [0.4, 0.5) is 21.7 Å². The zero-order chi connectivity index (χ0) is 13.4. The van der Waals surface area contributed by atoms with Crippen LogP contribution >= 0.6 is 0 Å². The fourth-order valence-electron chi connectivity index (χ4n) is 1.90. The van der Waals surface area contributed by atoms with Gasteiger partial charge in [-0.3, -0.25) is 0 Å². The third-order valence-electron chi connectivity index (χ3n) is 2.77. The molecule has 2 heterocycles. The van der Waals surface area contributed by atoms with Gasteiger partial charge in [-0.05, 0) is 24.6 Å². The van der Waals surface area contributed by atoms with Crippen molar-refractivity contribution in [1.29, 1.82) is 0 Å². The van der Waals surface area contributed by atoms with E-state index in [-0.39, 0.29) is 5.82 Å². The Morgan fingerprint density at radius 1 is 1.37 bits per heavy atom. The van der Waals surface area contributed by atoms with Gasteiger partial charge in [0.2, 0.25) is 0 Å². The normalized spacial score (nSPS) is 10.8. The van der Waals surface area contributed by atoms with E-state index in [0.29, 0.717) is 23.0 Å². The minimum Gasteiger partial charge on any atom is -0.382 e. The number of nitrogens with two attached hydrogens (primary N) is 1. The Balaban J connectivity index is 2.10. The van der Waals surface area contributed by atoms with Crippen LogP contribution in [0.1, 0.15) is 5.56 Å². The predicted octanol–water partition coefficient (Wildman–Crippen LogP) is 2.50. The number of halogens is 1. The number of nitrogens with zero attached hydrogens (tertiary/aromatic N) is 3. The summed E-state index contributed by atoms with van der Waals surface area (Å²) < 4.78 is 15.5. The van der Waals surface area contributed by atoms with Crippen molar-refractivity contribution in [1.82, 2.24) is 14.4 Å². The van der Waals surface area contributed by atoms with Gasteiger partial charge in [0.25, 0.3) is 0 Å². The molecule has 3 aromatic rings. The van der Waals surface area contributed by atoms with Crippen molar-refractivity contribution in [3.63, 3.8) is 0 Å². The Hall–Kier alpha value is -2.63. The second-order valence-electron chi connectivity index (χ2n) is 4.28. The summed E-state index contributed by atoms with van der Waals surface area (Å²) >= 11 is 0. The highest BCUT2D eigenvalue weighted by Crippen LogP contribution is 2.23. The first kappa shape index (κ1) is 11.5. The number of aryl methyl sites for hydroxylation is 1. The van der Waals surface area contributed by atoms with Crippen molar-refractivity contribution >= 4 is 23.0 Å². The molecule has 1 aromatic carbocycles. The Labute approximate surface area is 108 Å². The molecular weight excluding hydrogens is 245 g/mol. The van der Waals surface area contributed by atoms with Crippen molar-refractivity contribution < 1.29 is 4.39 Å². The Bertz CT molecular complexity index is 750. The SMILES string of the molecule is Cc1ccc(F)c(Nc2nc(N)cn3ccnc23)c1. The highest BCUT2D eigenvalue weighted by molar-refractivity contribution is 5.71. The fourth-order valence-corrected chi connectivity index (χ4v) is 1.90. The number of aromatic nitrogens is 3. The molecule has 0 radical (unpaired) electrons. The summed E-state index contributed by atoms with van der Waals surface area (Å²) in [6.07, 6.45) is 5.04. The first-order valence-corrected chi connectivity index (χ1v) is 5.76. The van der Waals surface area contributed by atoms with Crippen LogP contribution in [0.3, 0.4) is 0 Å². The molecule has 0 saturated heterocycles. The molecular formula is C13H12FN5. The lowest BCUT2D eigenvalue weighted by Gasteiger charge is -2.09. The topological polar surface area (TPSA) is 68.2 Å². The largest absolute Gasteiger partial charge is 0.382 e. The average molecular weight is 257 g/mol. The highest BCUT2D eigenvalue weighted by Gasteiger charge is 2.09. The summed E-state index contributed by atoms with van der Waals surface area (Å²) in [5, 5.41) is 2.93. The van der Waals surface area contributed by atoms with E-state index in [0.717, 1.165) is 5.56 Å². The molecule has 2 aromatic heterocycles. The van der Waals surface area contributed by atoms with E-state index < -0.39 is 0 Å². The lowest BCUT2D eigenvalue weighted by atomic mass is 10.2. The molecule has 19 heavy (non-hydrogen) atoms. The molecule has 0 saturated carbocycles. The third kappa shape index (κ3) is 2.08. The van der Waals surface area contributed by atoms with Gasteiger partial charge in [-0.25, -0.2) is 14.4 Å². The van der Waals surface area contributed by atoms with Crippen LogP contribution in [0.15, 0.2) is 36.8 Å². The lowest BCUT2D eigenvalue weighted by molar-refractivity contribution is 0.631. The Kier molecular flexibility index (Phi) is 2.56. The van der Waals surface area contributed by atoms with Gasteiger partial charge < -0.3 is 15.5 Å². The van der Waals surface area contributed by atoms with E-state index in [1.54, 1.807) is 35.1 Å². The van der Waals surface area contributed by atoms with E-state index in [2.05, 4.69) is 15.3 Å². The summed E-state index contributed by atoms with van der Waals surface area (Å²) in [4.78, 5) is 8.32.